The monoisotopic (exact) mass is 423 g/mol. The second-order valence-electron chi connectivity index (χ2n) is 13.0. The molecule has 31 heavy (non-hydrogen) atoms. The van der Waals surface area contributed by atoms with Crippen LogP contribution in [0.4, 0.5) is 0 Å². The summed E-state index contributed by atoms with van der Waals surface area (Å²) in [5, 5.41) is 10.3. The van der Waals surface area contributed by atoms with E-state index in [-0.39, 0.29) is 33.3 Å². The van der Waals surface area contributed by atoms with E-state index in [0.717, 1.165) is 30.4 Å². The molecule has 3 N–H and O–H groups in total. The molecule has 0 aromatic carbocycles. The van der Waals surface area contributed by atoms with Gasteiger partial charge in [-0.2, -0.15) is 0 Å². The average molecular weight is 424 g/mol. The van der Waals surface area contributed by atoms with Crippen molar-refractivity contribution in [3.63, 3.8) is 0 Å². The summed E-state index contributed by atoms with van der Waals surface area (Å²) in [4.78, 5) is 12.7. The molecule has 0 radical (unpaired) electrons. The van der Waals surface area contributed by atoms with Gasteiger partial charge < -0.3 is 10.8 Å². The standard InChI is InChI=1S/C28H41NO2/c1-17-18-7-10-28(6)26(4,20(18)15-22(30)23(17)31)9-8-19-21-16-25(3,29)13-11-24(21,2)12-14-27(19,28)5/h7,10,19,21,31H,8-9,11-16,29H2,1-6H3/t19?,21-,24-,25-,26-,27+,28-/m1/s1. The molecule has 3 fully saturated rings. The average Bonchev–Trinajstić information content (AvgIpc) is 2.69. The highest BCUT2D eigenvalue weighted by Gasteiger charge is 2.67. The molecule has 0 aromatic rings. The molecule has 0 spiro atoms. The van der Waals surface area contributed by atoms with E-state index in [0.29, 0.717) is 23.7 Å². The predicted molar refractivity (Wildman–Crippen MR) is 125 cm³/mol. The summed E-state index contributed by atoms with van der Waals surface area (Å²) in [6.07, 6.45) is 13.5. The molecule has 7 atom stereocenters. The Hall–Kier alpha value is -1.35. The Kier molecular flexibility index (Phi) is 4.27. The number of aliphatic hydroxyl groups excluding tert-OH is 1. The van der Waals surface area contributed by atoms with Crippen molar-refractivity contribution < 1.29 is 9.90 Å². The molecule has 0 heterocycles. The molecular formula is C28H41NO2. The van der Waals surface area contributed by atoms with Crippen LogP contribution >= 0.6 is 0 Å². The fourth-order valence-electron chi connectivity index (χ4n) is 8.93. The number of hydrogen-bond donors (Lipinski definition) is 2. The van der Waals surface area contributed by atoms with Crippen LogP contribution in [0.5, 0.6) is 0 Å². The highest BCUT2D eigenvalue weighted by molar-refractivity contribution is 5.98. The fraction of sp³-hybridized carbons (Fsp3) is 0.750. The van der Waals surface area contributed by atoms with Crippen LogP contribution in [0.3, 0.4) is 0 Å². The van der Waals surface area contributed by atoms with Gasteiger partial charge >= 0.3 is 0 Å². The van der Waals surface area contributed by atoms with Gasteiger partial charge in [-0.3, -0.25) is 4.79 Å². The van der Waals surface area contributed by atoms with E-state index in [2.05, 4.69) is 46.8 Å². The zero-order valence-electron chi connectivity index (χ0n) is 20.4. The normalized spacial score (nSPS) is 51.8. The van der Waals surface area contributed by atoms with Gasteiger partial charge in [-0.1, -0.05) is 39.8 Å². The maximum absolute atomic E-state index is 12.7. The lowest BCUT2D eigenvalue weighted by molar-refractivity contribution is -0.178. The van der Waals surface area contributed by atoms with Crippen molar-refractivity contribution in [1.29, 1.82) is 0 Å². The van der Waals surface area contributed by atoms with Crippen LogP contribution < -0.4 is 5.73 Å². The summed E-state index contributed by atoms with van der Waals surface area (Å²) in [5.41, 5.74) is 10.4. The van der Waals surface area contributed by atoms with Gasteiger partial charge in [0, 0.05) is 22.9 Å². The second kappa shape index (κ2) is 6.16. The lowest BCUT2D eigenvalue weighted by Gasteiger charge is -2.70. The molecule has 5 rings (SSSR count). The van der Waals surface area contributed by atoms with E-state index >= 15 is 0 Å². The summed E-state index contributed by atoms with van der Waals surface area (Å²) in [7, 11) is 0. The van der Waals surface area contributed by atoms with Gasteiger partial charge in [0.2, 0.25) is 5.78 Å². The first-order valence-corrected chi connectivity index (χ1v) is 12.4. The van der Waals surface area contributed by atoms with E-state index in [1.807, 2.05) is 6.92 Å². The van der Waals surface area contributed by atoms with Crippen LogP contribution in [0.2, 0.25) is 0 Å². The van der Waals surface area contributed by atoms with Gasteiger partial charge in [0.15, 0.2) is 5.76 Å². The topological polar surface area (TPSA) is 63.3 Å². The first-order chi connectivity index (χ1) is 14.3. The van der Waals surface area contributed by atoms with E-state index in [1.54, 1.807) is 0 Å². The molecule has 0 bridgehead atoms. The minimum atomic E-state index is -0.107. The molecule has 5 aliphatic rings. The van der Waals surface area contributed by atoms with E-state index in [1.165, 1.54) is 31.3 Å². The molecule has 3 saturated carbocycles. The zero-order chi connectivity index (χ0) is 22.6. The number of hydrogen-bond acceptors (Lipinski definition) is 3. The fourth-order valence-corrected chi connectivity index (χ4v) is 8.93. The number of rotatable bonds is 0. The van der Waals surface area contributed by atoms with Crippen molar-refractivity contribution in [2.45, 2.75) is 98.4 Å². The van der Waals surface area contributed by atoms with Crippen molar-refractivity contribution in [3.8, 4) is 0 Å². The third-order valence-electron chi connectivity index (χ3n) is 11.6. The first kappa shape index (κ1) is 21.5. The number of carbonyl (C=O) groups is 1. The number of ketones is 1. The van der Waals surface area contributed by atoms with Crippen molar-refractivity contribution in [2.24, 2.45) is 39.2 Å². The summed E-state index contributed by atoms with van der Waals surface area (Å²) >= 11 is 0. The third kappa shape index (κ3) is 2.53. The zero-order valence-corrected chi connectivity index (χ0v) is 20.4. The number of nitrogens with two attached hydrogens (primary N) is 1. The summed E-state index contributed by atoms with van der Waals surface area (Å²) in [6, 6.07) is 0. The van der Waals surface area contributed by atoms with Crippen LogP contribution in [0.15, 0.2) is 34.6 Å². The number of aliphatic hydroxyl groups is 1. The maximum Gasteiger partial charge on any atom is 0.201 e. The van der Waals surface area contributed by atoms with Crippen LogP contribution in [0, 0.1) is 33.5 Å². The molecular weight excluding hydrogens is 382 g/mol. The smallest absolute Gasteiger partial charge is 0.201 e. The SMILES string of the molecule is CC1=C(O)C(=O)CC2=C1C=C[C@@]1(C)[C@@]3(C)CC[C@@]4(C)CC[C@@](C)(N)C[C@@H]4C3CC[C@]21C. The summed E-state index contributed by atoms with van der Waals surface area (Å²) in [5.74, 6) is 1.21. The Morgan fingerprint density at radius 1 is 1.00 bits per heavy atom. The van der Waals surface area contributed by atoms with Gasteiger partial charge in [-0.25, -0.2) is 0 Å². The van der Waals surface area contributed by atoms with Crippen LogP contribution in [0.25, 0.3) is 0 Å². The van der Waals surface area contributed by atoms with Crippen LogP contribution in [0.1, 0.15) is 92.9 Å². The van der Waals surface area contributed by atoms with Gasteiger partial charge in [0.05, 0.1) is 0 Å². The summed E-state index contributed by atoms with van der Waals surface area (Å²) < 4.78 is 0. The highest BCUT2D eigenvalue weighted by Crippen LogP contribution is 2.75. The minimum Gasteiger partial charge on any atom is -0.504 e. The molecule has 3 heteroatoms. The third-order valence-corrected chi connectivity index (χ3v) is 11.6. The lowest BCUT2D eigenvalue weighted by atomic mass is 9.34. The molecule has 0 amide bonds. The quantitative estimate of drug-likeness (QED) is 0.473. The Labute approximate surface area is 188 Å². The lowest BCUT2D eigenvalue weighted by Crippen LogP contribution is -2.64. The number of carbonyl (C=O) groups excluding carboxylic acids is 1. The van der Waals surface area contributed by atoms with Crippen molar-refractivity contribution in [1.82, 2.24) is 0 Å². The Bertz CT molecular complexity index is 954. The molecule has 0 saturated heterocycles. The van der Waals surface area contributed by atoms with Crippen molar-refractivity contribution >= 4 is 5.78 Å². The van der Waals surface area contributed by atoms with Gasteiger partial charge in [0.1, 0.15) is 0 Å². The Morgan fingerprint density at radius 2 is 1.68 bits per heavy atom. The number of allylic oxidation sites excluding steroid dienone is 6. The Balaban J connectivity index is 1.61. The Morgan fingerprint density at radius 3 is 2.39 bits per heavy atom. The maximum atomic E-state index is 12.7. The van der Waals surface area contributed by atoms with E-state index in [9.17, 15) is 9.90 Å². The van der Waals surface area contributed by atoms with Gasteiger partial charge in [0.25, 0.3) is 0 Å². The van der Waals surface area contributed by atoms with Crippen LogP contribution in [-0.2, 0) is 4.79 Å². The molecule has 5 aliphatic carbocycles. The highest BCUT2D eigenvalue weighted by atomic mass is 16.3. The van der Waals surface area contributed by atoms with E-state index in [4.69, 9.17) is 5.73 Å². The van der Waals surface area contributed by atoms with Crippen molar-refractivity contribution in [3.05, 3.63) is 34.6 Å². The summed E-state index contributed by atoms with van der Waals surface area (Å²) in [6.45, 7) is 14.2. The first-order valence-electron chi connectivity index (χ1n) is 12.4. The molecule has 1 unspecified atom stereocenters. The van der Waals surface area contributed by atoms with E-state index < -0.39 is 0 Å². The van der Waals surface area contributed by atoms with Crippen molar-refractivity contribution in [2.75, 3.05) is 0 Å². The minimum absolute atomic E-state index is 0.000946. The molecule has 3 nitrogen and oxygen atoms in total. The predicted octanol–water partition coefficient (Wildman–Crippen LogP) is 6.40. The second-order valence-corrected chi connectivity index (χ2v) is 13.0. The van der Waals surface area contributed by atoms with Gasteiger partial charge in [-0.05, 0) is 98.0 Å². The van der Waals surface area contributed by atoms with Gasteiger partial charge in [-0.15, -0.1) is 0 Å². The number of fused-ring (bicyclic) bond motifs is 6. The van der Waals surface area contributed by atoms with Crippen LogP contribution in [-0.4, -0.2) is 16.4 Å². The molecule has 170 valence electrons. The number of Topliss-reactive ketones (excluding diaryl/α,β-unsaturated/α-hetero) is 1. The largest absolute Gasteiger partial charge is 0.504 e. The molecule has 0 aliphatic heterocycles. The molecule has 0 aromatic heterocycles.